The summed E-state index contributed by atoms with van der Waals surface area (Å²) in [7, 11) is 0. The highest BCUT2D eigenvalue weighted by Crippen LogP contribution is 2.41. The largest absolute Gasteiger partial charge is 0.465 e. The minimum Gasteiger partial charge on any atom is -0.465 e. The Hall–Kier alpha value is -0.280. The molecule has 1 heterocycles. The van der Waals surface area contributed by atoms with Crippen molar-refractivity contribution in [3.63, 3.8) is 0 Å². The van der Waals surface area contributed by atoms with Crippen molar-refractivity contribution in [1.29, 1.82) is 0 Å². The fourth-order valence-electron chi connectivity index (χ4n) is 0.982. The van der Waals surface area contributed by atoms with E-state index in [1.807, 2.05) is 20.8 Å². The lowest BCUT2D eigenvalue weighted by molar-refractivity contribution is -0.0644. The summed E-state index contributed by atoms with van der Waals surface area (Å²) in [6.45, 7) is 7.68. The van der Waals surface area contributed by atoms with Crippen LogP contribution >= 0.6 is 15.9 Å². The van der Waals surface area contributed by atoms with E-state index in [0.717, 1.165) is 4.47 Å². The van der Waals surface area contributed by atoms with Crippen molar-refractivity contribution in [3.8, 4) is 0 Å². The Kier molecular flexibility index (Phi) is 2.61. The molecule has 0 radical (unpaired) electrons. The summed E-state index contributed by atoms with van der Waals surface area (Å²) in [6.07, 6.45) is 1.57. The minimum absolute atomic E-state index is 0.257. The van der Waals surface area contributed by atoms with E-state index in [9.17, 15) is 5.11 Å². The number of halogens is 1. The van der Waals surface area contributed by atoms with Crippen LogP contribution in [0.3, 0.4) is 0 Å². The van der Waals surface area contributed by atoms with Crippen LogP contribution in [0, 0.1) is 5.41 Å². The van der Waals surface area contributed by atoms with Crippen LogP contribution in [0.15, 0.2) is 21.2 Å². The first-order valence-corrected chi connectivity index (χ1v) is 5.02. The van der Waals surface area contributed by atoms with Crippen molar-refractivity contribution >= 4 is 15.9 Å². The van der Waals surface area contributed by atoms with Gasteiger partial charge < -0.3 is 9.52 Å². The molecule has 0 aliphatic carbocycles. The van der Waals surface area contributed by atoms with Gasteiger partial charge in [0.25, 0.3) is 0 Å². The molecule has 0 fully saturated rings. The SMILES string of the molecule is CC(C)(C)C(C)(O)c1occc1Br. The zero-order valence-corrected chi connectivity index (χ0v) is 9.97. The van der Waals surface area contributed by atoms with E-state index in [2.05, 4.69) is 15.9 Å². The topological polar surface area (TPSA) is 33.4 Å². The minimum atomic E-state index is -0.963. The molecule has 1 aromatic heterocycles. The zero-order chi connectivity index (χ0) is 10.3. The van der Waals surface area contributed by atoms with Gasteiger partial charge in [-0.05, 0) is 34.3 Å². The molecule has 2 nitrogen and oxygen atoms in total. The van der Waals surface area contributed by atoms with E-state index in [4.69, 9.17) is 4.42 Å². The van der Waals surface area contributed by atoms with Gasteiger partial charge in [0.1, 0.15) is 11.4 Å². The van der Waals surface area contributed by atoms with Gasteiger partial charge in [-0.2, -0.15) is 0 Å². The number of furan rings is 1. The quantitative estimate of drug-likeness (QED) is 0.825. The van der Waals surface area contributed by atoms with Gasteiger partial charge in [-0.15, -0.1) is 0 Å². The van der Waals surface area contributed by atoms with Crippen LogP contribution in [0.25, 0.3) is 0 Å². The fourth-order valence-corrected chi connectivity index (χ4v) is 1.57. The molecule has 0 aliphatic rings. The van der Waals surface area contributed by atoms with E-state index in [-0.39, 0.29) is 5.41 Å². The molecular weight excluding hydrogens is 232 g/mol. The van der Waals surface area contributed by atoms with Gasteiger partial charge in [0.15, 0.2) is 0 Å². The molecule has 1 unspecified atom stereocenters. The number of rotatable bonds is 1. The van der Waals surface area contributed by atoms with Crippen molar-refractivity contribution in [1.82, 2.24) is 0 Å². The maximum atomic E-state index is 10.3. The predicted molar refractivity (Wildman–Crippen MR) is 55.4 cm³/mol. The molecule has 1 N–H and O–H groups in total. The molecule has 0 aromatic carbocycles. The summed E-state index contributed by atoms with van der Waals surface area (Å²) in [5, 5.41) is 10.3. The second-order valence-corrected chi connectivity index (χ2v) is 5.27. The van der Waals surface area contributed by atoms with Gasteiger partial charge in [-0.1, -0.05) is 20.8 Å². The highest BCUT2D eigenvalue weighted by atomic mass is 79.9. The third-order valence-electron chi connectivity index (χ3n) is 2.52. The van der Waals surface area contributed by atoms with E-state index in [0.29, 0.717) is 5.76 Å². The smallest absolute Gasteiger partial charge is 0.149 e. The monoisotopic (exact) mass is 246 g/mol. The van der Waals surface area contributed by atoms with E-state index in [1.54, 1.807) is 19.3 Å². The summed E-state index contributed by atoms with van der Waals surface area (Å²) >= 11 is 3.34. The molecule has 0 saturated carbocycles. The van der Waals surface area contributed by atoms with Gasteiger partial charge in [-0.25, -0.2) is 0 Å². The number of hydrogen-bond donors (Lipinski definition) is 1. The number of aliphatic hydroxyl groups is 1. The zero-order valence-electron chi connectivity index (χ0n) is 8.39. The van der Waals surface area contributed by atoms with Crippen molar-refractivity contribution in [2.24, 2.45) is 5.41 Å². The molecule has 13 heavy (non-hydrogen) atoms. The van der Waals surface area contributed by atoms with Gasteiger partial charge in [0.2, 0.25) is 0 Å². The predicted octanol–water partition coefficient (Wildman–Crippen LogP) is 3.30. The van der Waals surface area contributed by atoms with Crippen LogP contribution in [0.2, 0.25) is 0 Å². The van der Waals surface area contributed by atoms with Crippen molar-refractivity contribution in [2.45, 2.75) is 33.3 Å². The second-order valence-electron chi connectivity index (χ2n) is 4.42. The first-order chi connectivity index (χ1) is 5.77. The van der Waals surface area contributed by atoms with Crippen molar-refractivity contribution in [2.75, 3.05) is 0 Å². The highest BCUT2D eigenvalue weighted by molar-refractivity contribution is 9.10. The molecule has 0 spiro atoms. The Morgan fingerprint density at radius 1 is 1.31 bits per heavy atom. The average Bonchev–Trinajstić information content (AvgIpc) is 2.32. The standard InChI is InChI=1S/C10H15BrO2/c1-9(2,3)10(4,12)8-7(11)5-6-13-8/h5-6,12H,1-4H3. The Labute approximate surface area is 87.1 Å². The maximum absolute atomic E-state index is 10.3. The Bertz CT molecular complexity index is 294. The summed E-state index contributed by atoms with van der Waals surface area (Å²) in [4.78, 5) is 0. The Balaban J connectivity index is 3.15. The Morgan fingerprint density at radius 2 is 1.85 bits per heavy atom. The first-order valence-electron chi connectivity index (χ1n) is 4.22. The average molecular weight is 247 g/mol. The van der Waals surface area contributed by atoms with Crippen LogP contribution in [-0.2, 0) is 5.60 Å². The van der Waals surface area contributed by atoms with Crippen molar-refractivity contribution in [3.05, 3.63) is 22.6 Å². The molecule has 0 aliphatic heterocycles. The third kappa shape index (κ3) is 1.81. The molecule has 74 valence electrons. The molecule has 0 amide bonds. The lowest BCUT2D eigenvalue weighted by Crippen LogP contribution is -2.36. The van der Waals surface area contributed by atoms with E-state index in [1.165, 1.54) is 0 Å². The normalized spacial score (nSPS) is 17.1. The summed E-state index contributed by atoms with van der Waals surface area (Å²) < 4.78 is 6.07. The molecule has 1 atom stereocenters. The van der Waals surface area contributed by atoms with Crippen LogP contribution in [0.4, 0.5) is 0 Å². The van der Waals surface area contributed by atoms with Crippen LogP contribution < -0.4 is 0 Å². The van der Waals surface area contributed by atoms with E-state index < -0.39 is 5.60 Å². The fraction of sp³-hybridized carbons (Fsp3) is 0.600. The lowest BCUT2D eigenvalue weighted by Gasteiger charge is -2.35. The molecular formula is C10H15BrO2. The summed E-state index contributed by atoms with van der Waals surface area (Å²) in [5.41, 5.74) is -1.22. The Morgan fingerprint density at radius 3 is 2.15 bits per heavy atom. The molecule has 0 saturated heterocycles. The van der Waals surface area contributed by atoms with Gasteiger partial charge >= 0.3 is 0 Å². The van der Waals surface area contributed by atoms with Gasteiger partial charge in [-0.3, -0.25) is 0 Å². The van der Waals surface area contributed by atoms with E-state index >= 15 is 0 Å². The molecule has 3 heteroatoms. The summed E-state index contributed by atoms with van der Waals surface area (Å²) in [5.74, 6) is 0.583. The summed E-state index contributed by atoms with van der Waals surface area (Å²) in [6, 6.07) is 1.79. The molecule has 1 rings (SSSR count). The van der Waals surface area contributed by atoms with Crippen LogP contribution in [0.5, 0.6) is 0 Å². The molecule has 1 aromatic rings. The lowest BCUT2D eigenvalue weighted by atomic mass is 9.76. The van der Waals surface area contributed by atoms with Crippen LogP contribution in [0.1, 0.15) is 33.5 Å². The molecule has 0 bridgehead atoms. The van der Waals surface area contributed by atoms with Gasteiger partial charge in [0.05, 0.1) is 10.7 Å². The maximum Gasteiger partial charge on any atom is 0.149 e. The first kappa shape index (κ1) is 10.8. The number of hydrogen-bond acceptors (Lipinski definition) is 2. The van der Waals surface area contributed by atoms with Crippen LogP contribution in [-0.4, -0.2) is 5.11 Å². The van der Waals surface area contributed by atoms with Crippen molar-refractivity contribution < 1.29 is 9.52 Å². The second kappa shape index (κ2) is 3.14. The highest BCUT2D eigenvalue weighted by Gasteiger charge is 2.40. The third-order valence-corrected chi connectivity index (χ3v) is 3.14. The van der Waals surface area contributed by atoms with Gasteiger partial charge in [0, 0.05) is 0 Å².